The fourth-order valence-electron chi connectivity index (χ4n) is 2.05. The number of ketones is 1. The Morgan fingerprint density at radius 1 is 1.09 bits per heavy atom. The van der Waals surface area contributed by atoms with Crippen LogP contribution < -0.4 is 0 Å². The Morgan fingerprint density at radius 3 is 2.14 bits per heavy atom. The highest BCUT2D eigenvalue weighted by Gasteiger charge is 2.26. The predicted octanol–water partition coefficient (Wildman–Crippen LogP) is 1.86. The summed E-state index contributed by atoms with van der Waals surface area (Å²) in [6.07, 6.45) is 0.355. The van der Waals surface area contributed by atoms with Crippen molar-refractivity contribution in [2.24, 2.45) is 0 Å². The van der Waals surface area contributed by atoms with Crippen molar-refractivity contribution in [3.8, 4) is 0 Å². The highest BCUT2D eigenvalue weighted by molar-refractivity contribution is 7.80. The molecule has 0 saturated carbocycles. The molecule has 0 spiro atoms. The van der Waals surface area contributed by atoms with Crippen LogP contribution >= 0.6 is 12.2 Å². The smallest absolute Gasteiger partial charge is 0.410 e. The van der Waals surface area contributed by atoms with Gasteiger partial charge < -0.3 is 19.3 Å². The minimum Gasteiger partial charge on any atom is -0.444 e. The van der Waals surface area contributed by atoms with E-state index in [1.165, 1.54) is 0 Å². The average molecular weight is 330 g/mol. The molecule has 0 aliphatic carbocycles. The van der Waals surface area contributed by atoms with Crippen molar-refractivity contribution in [1.29, 1.82) is 0 Å². The van der Waals surface area contributed by atoms with E-state index in [1.807, 2.05) is 25.7 Å². The minimum absolute atomic E-state index is 0.0846. The van der Waals surface area contributed by atoms with Crippen LogP contribution in [0.5, 0.6) is 0 Å². The summed E-state index contributed by atoms with van der Waals surface area (Å²) >= 11 is 5.32. The molecule has 1 saturated heterocycles. The van der Waals surface area contributed by atoms with E-state index in [0.717, 1.165) is 0 Å². The number of carbonyl (C=O) groups is 2. The zero-order valence-electron chi connectivity index (χ0n) is 13.9. The fourth-order valence-corrected chi connectivity index (χ4v) is 2.39. The van der Waals surface area contributed by atoms with E-state index in [1.54, 1.807) is 12.0 Å². The summed E-state index contributed by atoms with van der Waals surface area (Å²) < 4.78 is 10.2. The first kappa shape index (κ1) is 18.8. The Hall–Kier alpha value is -1.21. The van der Waals surface area contributed by atoms with Crippen LogP contribution in [0, 0.1) is 0 Å². The minimum atomic E-state index is -0.489. The quantitative estimate of drug-likeness (QED) is 0.717. The monoisotopic (exact) mass is 330 g/mol. The molecule has 0 atom stereocenters. The van der Waals surface area contributed by atoms with Crippen LogP contribution in [-0.2, 0) is 14.3 Å². The molecule has 0 unspecified atom stereocenters. The van der Waals surface area contributed by atoms with Gasteiger partial charge in [0.15, 0.2) is 0 Å². The Morgan fingerprint density at radius 2 is 1.64 bits per heavy atom. The molecule has 1 aliphatic rings. The lowest BCUT2D eigenvalue weighted by atomic mass is 10.2. The summed E-state index contributed by atoms with van der Waals surface area (Å²) in [5, 5.41) is 0. The summed E-state index contributed by atoms with van der Waals surface area (Å²) in [4.78, 5) is 28.0. The number of methoxy groups -OCH3 is 1. The largest absolute Gasteiger partial charge is 0.444 e. The third-order valence-corrected chi connectivity index (χ3v) is 3.62. The number of carbonyl (C=O) groups excluding carboxylic acids is 2. The number of piperazine rings is 1. The lowest BCUT2D eigenvalue weighted by Gasteiger charge is -2.36. The second kappa shape index (κ2) is 8.43. The standard InChI is InChI=1S/C15H26N2O4S/c1-15(2,3)21-14(19)17-8-6-16(7-9-17)13(22)11-12(18)5-10-20-4/h5-11H2,1-4H3. The molecule has 126 valence electrons. The second-order valence-corrected chi connectivity index (χ2v) is 6.78. The van der Waals surface area contributed by atoms with Crippen molar-refractivity contribution in [1.82, 2.24) is 9.80 Å². The molecule has 22 heavy (non-hydrogen) atoms. The van der Waals surface area contributed by atoms with Crippen LogP contribution in [0.1, 0.15) is 33.6 Å². The molecule has 0 bridgehead atoms. The van der Waals surface area contributed by atoms with Crippen molar-refractivity contribution >= 4 is 29.1 Å². The third kappa shape index (κ3) is 6.70. The van der Waals surface area contributed by atoms with Crippen molar-refractivity contribution in [2.45, 2.75) is 39.2 Å². The summed E-state index contributed by atoms with van der Waals surface area (Å²) in [6.45, 7) is 8.35. The molecular formula is C15H26N2O4S. The zero-order chi connectivity index (χ0) is 16.8. The van der Waals surface area contributed by atoms with Gasteiger partial charge in [0.1, 0.15) is 11.4 Å². The maximum Gasteiger partial charge on any atom is 0.410 e. The SMILES string of the molecule is COCCC(=O)CC(=S)N1CCN(C(=O)OC(C)(C)C)CC1. The molecule has 0 radical (unpaired) electrons. The van der Waals surface area contributed by atoms with Gasteiger partial charge in [-0.2, -0.15) is 0 Å². The molecule has 0 aromatic heterocycles. The normalized spacial score (nSPS) is 15.6. The Labute approximate surface area is 137 Å². The lowest BCUT2D eigenvalue weighted by Crippen LogP contribution is -2.51. The Balaban J connectivity index is 2.37. The number of hydrogen-bond donors (Lipinski definition) is 0. The van der Waals surface area contributed by atoms with E-state index in [4.69, 9.17) is 21.7 Å². The summed E-state index contributed by atoms with van der Waals surface area (Å²) in [6, 6.07) is 0. The molecule has 6 nitrogen and oxygen atoms in total. The highest BCUT2D eigenvalue weighted by atomic mass is 32.1. The van der Waals surface area contributed by atoms with Gasteiger partial charge in [0.2, 0.25) is 0 Å². The van der Waals surface area contributed by atoms with Crippen LogP contribution in [0.15, 0.2) is 0 Å². The van der Waals surface area contributed by atoms with E-state index in [2.05, 4.69) is 0 Å². The first-order valence-electron chi connectivity index (χ1n) is 7.49. The van der Waals surface area contributed by atoms with Gasteiger partial charge in [-0.1, -0.05) is 12.2 Å². The van der Waals surface area contributed by atoms with Gasteiger partial charge in [-0.15, -0.1) is 0 Å². The van der Waals surface area contributed by atoms with Crippen LogP contribution in [-0.4, -0.2) is 72.2 Å². The zero-order valence-corrected chi connectivity index (χ0v) is 14.7. The maximum atomic E-state index is 12.0. The third-order valence-electron chi connectivity index (χ3n) is 3.22. The predicted molar refractivity (Wildman–Crippen MR) is 88.1 cm³/mol. The van der Waals surface area contributed by atoms with Gasteiger partial charge in [-0.3, -0.25) is 4.79 Å². The lowest BCUT2D eigenvalue weighted by molar-refractivity contribution is -0.118. The van der Waals surface area contributed by atoms with Crippen molar-refractivity contribution < 1.29 is 19.1 Å². The van der Waals surface area contributed by atoms with E-state index < -0.39 is 5.60 Å². The van der Waals surface area contributed by atoms with E-state index in [-0.39, 0.29) is 18.3 Å². The molecule has 1 amide bonds. The van der Waals surface area contributed by atoms with Gasteiger partial charge in [0.25, 0.3) is 0 Å². The molecule has 1 heterocycles. The molecular weight excluding hydrogens is 304 g/mol. The van der Waals surface area contributed by atoms with Gasteiger partial charge in [0.05, 0.1) is 18.0 Å². The Bertz CT molecular complexity index is 412. The number of hydrogen-bond acceptors (Lipinski definition) is 5. The summed E-state index contributed by atoms with van der Waals surface area (Å²) in [5.41, 5.74) is -0.489. The van der Waals surface area contributed by atoms with Crippen LogP contribution in [0.25, 0.3) is 0 Å². The number of ether oxygens (including phenoxy) is 2. The molecule has 1 fully saturated rings. The number of thiocarbonyl (C=S) groups is 1. The van der Waals surface area contributed by atoms with Crippen molar-refractivity contribution in [2.75, 3.05) is 39.9 Å². The fraction of sp³-hybridized carbons (Fsp3) is 0.800. The number of amides is 1. The molecule has 7 heteroatoms. The first-order valence-corrected chi connectivity index (χ1v) is 7.90. The van der Waals surface area contributed by atoms with E-state index in [9.17, 15) is 9.59 Å². The first-order chi connectivity index (χ1) is 10.2. The maximum absolute atomic E-state index is 12.0. The number of Topliss-reactive ketones (excluding diaryl/α,β-unsaturated/α-hetero) is 1. The van der Waals surface area contributed by atoms with Crippen molar-refractivity contribution in [3.05, 3.63) is 0 Å². The molecule has 1 rings (SSSR count). The summed E-state index contributed by atoms with van der Waals surface area (Å²) in [5.74, 6) is 0.0846. The highest BCUT2D eigenvalue weighted by Crippen LogP contribution is 2.13. The number of rotatable bonds is 5. The summed E-state index contributed by atoms with van der Waals surface area (Å²) in [7, 11) is 1.57. The van der Waals surface area contributed by atoms with Crippen molar-refractivity contribution in [3.63, 3.8) is 0 Å². The topological polar surface area (TPSA) is 59.1 Å². The average Bonchev–Trinajstić information content (AvgIpc) is 2.43. The molecule has 0 N–H and O–H groups in total. The van der Waals surface area contributed by atoms with E-state index in [0.29, 0.717) is 44.2 Å². The van der Waals surface area contributed by atoms with Gasteiger partial charge in [-0.05, 0) is 20.8 Å². The van der Waals surface area contributed by atoms with Crippen LogP contribution in [0.4, 0.5) is 4.79 Å². The van der Waals surface area contributed by atoms with Gasteiger partial charge in [0, 0.05) is 39.7 Å². The molecule has 0 aromatic carbocycles. The van der Waals surface area contributed by atoms with Gasteiger partial charge >= 0.3 is 6.09 Å². The van der Waals surface area contributed by atoms with Gasteiger partial charge in [-0.25, -0.2) is 4.79 Å². The second-order valence-electron chi connectivity index (χ2n) is 6.31. The molecule has 0 aromatic rings. The molecule has 1 aliphatic heterocycles. The Kier molecular flexibility index (Phi) is 7.22. The van der Waals surface area contributed by atoms with E-state index >= 15 is 0 Å². The number of nitrogens with zero attached hydrogens (tertiary/aromatic N) is 2. The van der Waals surface area contributed by atoms with Crippen LogP contribution in [0.3, 0.4) is 0 Å². The van der Waals surface area contributed by atoms with Crippen LogP contribution in [0.2, 0.25) is 0 Å².